The first-order valence-corrected chi connectivity index (χ1v) is 6.66. The summed E-state index contributed by atoms with van der Waals surface area (Å²) in [5, 5.41) is 9.20. The number of carbonyl (C=O) groups is 1. The molecule has 1 aliphatic carbocycles. The second-order valence-corrected chi connectivity index (χ2v) is 4.98. The number of hydrogen-bond acceptors (Lipinski definition) is 3. The van der Waals surface area contributed by atoms with E-state index in [1.165, 1.54) is 19.2 Å². The highest BCUT2D eigenvalue weighted by Crippen LogP contribution is 2.50. The fraction of sp³-hybridized carbons (Fsp3) is 0.312. The van der Waals surface area contributed by atoms with Crippen LogP contribution in [0, 0.1) is 0 Å². The van der Waals surface area contributed by atoms with E-state index in [9.17, 15) is 23.1 Å². The number of carboxylic acid groups (broad SMARTS) is 1. The maximum absolute atomic E-state index is 13.8. The quantitative estimate of drug-likeness (QED) is 0.920. The number of benzene rings is 1. The molecular weight excluding hydrogens is 313 g/mol. The van der Waals surface area contributed by atoms with Crippen LogP contribution in [0.2, 0.25) is 0 Å². The number of carboxylic acids is 1. The van der Waals surface area contributed by atoms with Gasteiger partial charge in [-0.15, -0.1) is 0 Å². The van der Waals surface area contributed by atoms with Gasteiger partial charge in [-0.25, -0.2) is 4.79 Å². The summed E-state index contributed by atoms with van der Waals surface area (Å²) >= 11 is 0. The van der Waals surface area contributed by atoms with E-state index in [-0.39, 0.29) is 16.9 Å². The minimum Gasteiger partial charge on any atom is -0.496 e. The molecule has 1 aromatic rings. The summed E-state index contributed by atoms with van der Waals surface area (Å²) in [6.07, 6.45) is -4.59. The maximum Gasteiger partial charge on any atom is 0.422 e. The highest BCUT2D eigenvalue weighted by molar-refractivity contribution is 5.92. The molecule has 23 heavy (non-hydrogen) atoms. The third-order valence-electron chi connectivity index (χ3n) is 3.80. The van der Waals surface area contributed by atoms with Crippen LogP contribution in [-0.4, -0.2) is 37.1 Å². The Kier molecular flexibility index (Phi) is 4.51. The van der Waals surface area contributed by atoms with Gasteiger partial charge in [-0.1, -0.05) is 30.3 Å². The van der Waals surface area contributed by atoms with Gasteiger partial charge in [-0.2, -0.15) is 13.2 Å². The van der Waals surface area contributed by atoms with Gasteiger partial charge in [-0.05, 0) is 11.6 Å². The molecule has 1 aliphatic rings. The lowest BCUT2D eigenvalue weighted by Crippen LogP contribution is -2.50. The molecule has 7 heteroatoms. The van der Waals surface area contributed by atoms with Crippen molar-refractivity contribution >= 4 is 11.5 Å². The van der Waals surface area contributed by atoms with Gasteiger partial charge in [0.2, 0.25) is 0 Å². The van der Waals surface area contributed by atoms with Gasteiger partial charge in [0.15, 0.2) is 5.60 Å². The summed E-state index contributed by atoms with van der Waals surface area (Å²) in [7, 11) is 2.13. The smallest absolute Gasteiger partial charge is 0.422 e. The van der Waals surface area contributed by atoms with Gasteiger partial charge in [0.1, 0.15) is 5.76 Å². The van der Waals surface area contributed by atoms with Gasteiger partial charge in [0.05, 0.1) is 12.7 Å². The molecule has 0 bridgehead atoms. The van der Waals surface area contributed by atoms with Crippen LogP contribution in [0.15, 0.2) is 47.7 Å². The molecule has 0 amide bonds. The molecule has 1 atom stereocenters. The minimum atomic E-state index is -4.80. The first-order chi connectivity index (χ1) is 10.8. The van der Waals surface area contributed by atoms with Crippen molar-refractivity contribution in [1.82, 2.24) is 0 Å². The molecule has 0 spiro atoms. The first kappa shape index (κ1) is 17.1. The zero-order chi connectivity index (χ0) is 17.3. The molecule has 0 radical (unpaired) electrons. The summed E-state index contributed by atoms with van der Waals surface area (Å²) in [6, 6.07) is 7.87. The molecule has 0 aromatic heterocycles. The summed E-state index contributed by atoms with van der Waals surface area (Å²) in [5.41, 5.74) is -3.13. The fourth-order valence-corrected chi connectivity index (χ4v) is 2.61. The predicted octanol–water partition coefficient (Wildman–Crippen LogP) is 3.41. The Labute approximate surface area is 130 Å². The normalized spacial score (nSPS) is 21.9. The standard InChI is InChI=1S/C16H15F3O4/c1-22-13-8-12(10-6-4-3-5-7-10)15(23-2,16(17,18)19)9-11(13)14(20)21/h3-8H,9H2,1-2H3,(H,20,21). The Balaban J connectivity index is 2.75. The number of aliphatic carboxylic acids is 1. The molecule has 0 saturated carbocycles. The number of allylic oxidation sites excluding steroid dienone is 1. The zero-order valence-electron chi connectivity index (χ0n) is 12.5. The Bertz CT molecular complexity index is 662. The monoisotopic (exact) mass is 328 g/mol. The average molecular weight is 328 g/mol. The second-order valence-electron chi connectivity index (χ2n) is 4.98. The van der Waals surface area contributed by atoms with Crippen LogP contribution in [0.1, 0.15) is 12.0 Å². The summed E-state index contributed by atoms with van der Waals surface area (Å²) < 4.78 is 51.1. The van der Waals surface area contributed by atoms with Gasteiger partial charge in [0, 0.05) is 19.1 Å². The Morgan fingerprint density at radius 3 is 2.26 bits per heavy atom. The van der Waals surface area contributed by atoms with E-state index in [1.807, 2.05) is 0 Å². The van der Waals surface area contributed by atoms with E-state index in [0.29, 0.717) is 0 Å². The number of rotatable bonds is 4. The highest BCUT2D eigenvalue weighted by atomic mass is 19.4. The van der Waals surface area contributed by atoms with Crippen molar-refractivity contribution in [1.29, 1.82) is 0 Å². The molecule has 0 saturated heterocycles. The van der Waals surface area contributed by atoms with Crippen LogP contribution in [0.5, 0.6) is 0 Å². The van der Waals surface area contributed by atoms with E-state index in [4.69, 9.17) is 9.47 Å². The van der Waals surface area contributed by atoms with Gasteiger partial charge < -0.3 is 14.6 Å². The second kappa shape index (κ2) is 6.08. The third-order valence-corrected chi connectivity index (χ3v) is 3.80. The van der Waals surface area contributed by atoms with Crippen LogP contribution in [0.3, 0.4) is 0 Å². The molecule has 1 unspecified atom stereocenters. The molecule has 0 fully saturated rings. The van der Waals surface area contributed by atoms with Gasteiger partial charge in [0.25, 0.3) is 0 Å². The fourth-order valence-electron chi connectivity index (χ4n) is 2.61. The predicted molar refractivity (Wildman–Crippen MR) is 76.5 cm³/mol. The van der Waals surface area contributed by atoms with Crippen LogP contribution in [-0.2, 0) is 14.3 Å². The van der Waals surface area contributed by atoms with Crippen molar-refractivity contribution in [2.24, 2.45) is 0 Å². The topological polar surface area (TPSA) is 55.8 Å². The molecule has 1 aromatic carbocycles. The van der Waals surface area contributed by atoms with Crippen molar-refractivity contribution in [3.05, 3.63) is 53.3 Å². The minimum absolute atomic E-state index is 0.117. The van der Waals surface area contributed by atoms with Crippen LogP contribution >= 0.6 is 0 Å². The molecule has 0 heterocycles. The van der Waals surface area contributed by atoms with Gasteiger partial charge in [-0.3, -0.25) is 0 Å². The Morgan fingerprint density at radius 1 is 1.22 bits per heavy atom. The van der Waals surface area contributed by atoms with Crippen molar-refractivity contribution < 1.29 is 32.5 Å². The third kappa shape index (κ3) is 2.84. The molecular formula is C16H15F3O4. The lowest BCUT2D eigenvalue weighted by molar-refractivity contribution is -0.244. The number of methoxy groups -OCH3 is 2. The Hall–Kier alpha value is -2.28. The van der Waals surface area contributed by atoms with E-state index >= 15 is 0 Å². The number of ether oxygens (including phenoxy) is 2. The average Bonchev–Trinajstić information content (AvgIpc) is 2.53. The van der Waals surface area contributed by atoms with Crippen molar-refractivity contribution in [3.8, 4) is 0 Å². The van der Waals surface area contributed by atoms with E-state index in [0.717, 1.165) is 13.2 Å². The van der Waals surface area contributed by atoms with Gasteiger partial charge >= 0.3 is 12.1 Å². The summed E-state index contributed by atoms with van der Waals surface area (Å²) in [6.45, 7) is 0. The largest absolute Gasteiger partial charge is 0.496 e. The summed E-state index contributed by atoms with van der Waals surface area (Å²) in [5.74, 6) is -1.59. The van der Waals surface area contributed by atoms with Crippen molar-refractivity contribution in [3.63, 3.8) is 0 Å². The lowest BCUT2D eigenvalue weighted by Gasteiger charge is -2.39. The van der Waals surface area contributed by atoms with Crippen LogP contribution < -0.4 is 0 Å². The Morgan fingerprint density at radius 2 is 1.83 bits per heavy atom. The molecule has 4 nitrogen and oxygen atoms in total. The number of halogens is 3. The van der Waals surface area contributed by atoms with Crippen LogP contribution in [0.25, 0.3) is 5.57 Å². The molecule has 1 N–H and O–H groups in total. The van der Waals surface area contributed by atoms with E-state index < -0.39 is 29.7 Å². The maximum atomic E-state index is 13.8. The van der Waals surface area contributed by atoms with Crippen molar-refractivity contribution in [2.45, 2.75) is 18.2 Å². The number of hydrogen-bond donors (Lipinski definition) is 1. The molecule has 0 aliphatic heterocycles. The zero-order valence-corrected chi connectivity index (χ0v) is 12.5. The first-order valence-electron chi connectivity index (χ1n) is 6.66. The summed E-state index contributed by atoms with van der Waals surface area (Å²) in [4.78, 5) is 11.3. The van der Waals surface area contributed by atoms with Crippen LogP contribution in [0.4, 0.5) is 13.2 Å². The van der Waals surface area contributed by atoms with E-state index in [1.54, 1.807) is 18.2 Å². The molecule has 2 rings (SSSR count). The lowest BCUT2D eigenvalue weighted by atomic mass is 9.78. The van der Waals surface area contributed by atoms with Crippen molar-refractivity contribution in [2.75, 3.05) is 14.2 Å². The highest BCUT2D eigenvalue weighted by Gasteiger charge is 2.60. The molecule has 124 valence electrons. The number of alkyl halides is 3. The SMILES string of the molecule is COC1=C(C(=O)O)CC(OC)(C(F)(F)F)C(c2ccccc2)=C1. The van der Waals surface area contributed by atoms with E-state index in [2.05, 4.69) is 0 Å².